The molecule has 112 valence electrons. The Balaban J connectivity index is 2.69. The summed E-state index contributed by atoms with van der Waals surface area (Å²) in [5.74, 6) is -4.47. The third kappa shape index (κ3) is 4.85. The first-order valence-electron chi connectivity index (χ1n) is 6.28. The topological polar surface area (TPSA) is 55.1 Å². The Bertz CT molecular complexity index is 475. The number of amides is 1. The Morgan fingerprint density at radius 1 is 1.25 bits per heavy atom. The van der Waals surface area contributed by atoms with E-state index in [2.05, 4.69) is 5.32 Å². The molecule has 6 heteroatoms. The Labute approximate surface area is 116 Å². The quantitative estimate of drug-likeness (QED) is 0.894. The second-order valence-electron chi connectivity index (χ2n) is 5.98. The number of hydrogen-bond donors (Lipinski definition) is 2. The lowest BCUT2D eigenvalue weighted by Gasteiger charge is -2.23. The first kappa shape index (κ1) is 16.5. The van der Waals surface area contributed by atoms with Gasteiger partial charge in [0.15, 0.2) is 0 Å². The van der Waals surface area contributed by atoms with E-state index >= 15 is 0 Å². The van der Waals surface area contributed by atoms with E-state index in [0.29, 0.717) is 18.6 Å². The zero-order valence-corrected chi connectivity index (χ0v) is 11.8. The van der Waals surface area contributed by atoms with Crippen LogP contribution in [-0.2, 0) is 0 Å². The van der Waals surface area contributed by atoms with E-state index < -0.39 is 28.9 Å². The summed E-state index contributed by atoms with van der Waals surface area (Å²) in [6.07, 6.45) is 0.641. The van der Waals surface area contributed by atoms with E-state index in [1.54, 1.807) is 0 Å². The second-order valence-corrected chi connectivity index (χ2v) is 5.98. The number of rotatable bonds is 4. The lowest BCUT2D eigenvalue weighted by Crippen LogP contribution is -2.40. The van der Waals surface area contributed by atoms with Crippen LogP contribution in [-0.4, -0.2) is 18.5 Å². The highest BCUT2D eigenvalue weighted by molar-refractivity contribution is 5.94. The molecule has 0 bridgehead atoms. The Hall–Kier alpha value is -1.56. The van der Waals surface area contributed by atoms with Crippen molar-refractivity contribution in [2.75, 3.05) is 6.54 Å². The summed E-state index contributed by atoms with van der Waals surface area (Å²) in [6.45, 7) is 6.07. The highest BCUT2D eigenvalue weighted by Crippen LogP contribution is 2.19. The van der Waals surface area contributed by atoms with Crippen LogP contribution in [0.4, 0.5) is 13.2 Å². The summed E-state index contributed by atoms with van der Waals surface area (Å²) < 4.78 is 39.5. The molecule has 1 aromatic carbocycles. The molecule has 3 N–H and O–H groups in total. The number of halogens is 3. The third-order valence-electron chi connectivity index (χ3n) is 2.63. The van der Waals surface area contributed by atoms with Gasteiger partial charge in [0.1, 0.15) is 23.0 Å². The van der Waals surface area contributed by atoms with E-state index in [1.165, 1.54) is 0 Å². The van der Waals surface area contributed by atoms with Crippen LogP contribution >= 0.6 is 0 Å². The normalized spacial score (nSPS) is 13.2. The van der Waals surface area contributed by atoms with Crippen molar-refractivity contribution in [1.29, 1.82) is 0 Å². The summed E-state index contributed by atoms with van der Waals surface area (Å²) in [7, 11) is 0. The molecule has 0 aliphatic rings. The van der Waals surface area contributed by atoms with Crippen molar-refractivity contribution >= 4 is 5.91 Å². The molecule has 0 saturated carbocycles. The maximum atomic E-state index is 13.4. The molecule has 0 aromatic heterocycles. The molecule has 1 atom stereocenters. The van der Waals surface area contributed by atoms with Gasteiger partial charge in [-0.1, -0.05) is 20.8 Å². The maximum absolute atomic E-state index is 13.4. The second kappa shape index (κ2) is 6.26. The highest BCUT2D eigenvalue weighted by Gasteiger charge is 2.21. The number of carbonyl (C=O) groups excluding carboxylic acids is 1. The Kier molecular flexibility index (Phi) is 5.16. The smallest absolute Gasteiger partial charge is 0.257 e. The molecule has 0 aliphatic carbocycles. The molecule has 20 heavy (non-hydrogen) atoms. The minimum atomic E-state index is -1.23. The van der Waals surface area contributed by atoms with E-state index in [0.717, 1.165) is 0 Å². The van der Waals surface area contributed by atoms with Crippen molar-refractivity contribution in [2.45, 2.75) is 33.2 Å². The lowest BCUT2D eigenvalue weighted by atomic mass is 9.88. The largest absolute Gasteiger partial charge is 0.350 e. The summed E-state index contributed by atoms with van der Waals surface area (Å²) in [6, 6.07) is 0.602. The van der Waals surface area contributed by atoms with Gasteiger partial charge in [-0.3, -0.25) is 4.79 Å². The van der Waals surface area contributed by atoms with Gasteiger partial charge in [-0.15, -0.1) is 0 Å². The molecule has 1 aromatic rings. The van der Waals surface area contributed by atoms with Crippen molar-refractivity contribution in [3.8, 4) is 0 Å². The van der Waals surface area contributed by atoms with Crippen molar-refractivity contribution in [3.63, 3.8) is 0 Å². The molecular weight excluding hydrogens is 269 g/mol. The zero-order valence-electron chi connectivity index (χ0n) is 11.8. The third-order valence-corrected chi connectivity index (χ3v) is 2.63. The molecule has 1 amide bonds. The van der Waals surface area contributed by atoms with Gasteiger partial charge in [0, 0.05) is 24.7 Å². The number of hydrogen-bond acceptors (Lipinski definition) is 2. The van der Waals surface area contributed by atoms with Crippen molar-refractivity contribution in [3.05, 3.63) is 35.1 Å². The molecular formula is C14H19F3N2O. The SMILES string of the molecule is CC(C)(C)CC(N)CNC(=O)c1c(F)cc(F)cc1F. The first-order valence-corrected chi connectivity index (χ1v) is 6.28. The van der Waals surface area contributed by atoms with E-state index in [4.69, 9.17) is 5.73 Å². The Morgan fingerprint density at radius 3 is 2.20 bits per heavy atom. The average Bonchev–Trinajstić information content (AvgIpc) is 2.22. The van der Waals surface area contributed by atoms with Gasteiger partial charge < -0.3 is 11.1 Å². The summed E-state index contributed by atoms with van der Waals surface area (Å²) >= 11 is 0. The summed E-state index contributed by atoms with van der Waals surface area (Å²) in [4.78, 5) is 11.7. The molecule has 0 aliphatic heterocycles. The monoisotopic (exact) mass is 288 g/mol. The van der Waals surface area contributed by atoms with E-state index in [-0.39, 0.29) is 18.0 Å². The van der Waals surface area contributed by atoms with Crippen LogP contribution in [0.25, 0.3) is 0 Å². The van der Waals surface area contributed by atoms with Crippen molar-refractivity contribution in [2.24, 2.45) is 11.1 Å². The zero-order chi connectivity index (χ0) is 15.5. The van der Waals surface area contributed by atoms with Gasteiger partial charge in [0.05, 0.1) is 0 Å². The van der Waals surface area contributed by atoms with Crippen LogP contribution < -0.4 is 11.1 Å². The Morgan fingerprint density at radius 2 is 1.75 bits per heavy atom. The lowest BCUT2D eigenvalue weighted by molar-refractivity contribution is 0.0940. The summed E-state index contributed by atoms with van der Waals surface area (Å²) in [5.41, 5.74) is 5.01. The molecule has 0 heterocycles. The fraction of sp³-hybridized carbons (Fsp3) is 0.500. The fourth-order valence-corrected chi connectivity index (χ4v) is 1.93. The fourth-order valence-electron chi connectivity index (χ4n) is 1.93. The molecule has 1 unspecified atom stereocenters. The van der Waals surface area contributed by atoms with Gasteiger partial charge in [-0.2, -0.15) is 0 Å². The van der Waals surface area contributed by atoms with E-state index in [1.807, 2.05) is 20.8 Å². The molecule has 0 radical (unpaired) electrons. The van der Waals surface area contributed by atoms with E-state index in [9.17, 15) is 18.0 Å². The molecule has 0 fully saturated rings. The predicted molar refractivity (Wildman–Crippen MR) is 70.7 cm³/mol. The average molecular weight is 288 g/mol. The number of benzene rings is 1. The predicted octanol–water partition coefficient (Wildman–Crippen LogP) is 2.60. The number of nitrogens with two attached hydrogens (primary N) is 1. The van der Waals surface area contributed by atoms with Gasteiger partial charge in [0.25, 0.3) is 5.91 Å². The van der Waals surface area contributed by atoms with Gasteiger partial charge in [0.2, 0.25) is 0 Å². The summed E-state index contributed by atoms with van der Waals surface area (Å²) in [5, 5.41) is 2.36. The van der Waals surface area contributed by atoms with Crippen LogP contribution in [0, 0.1) is 22.9 Å². The molecule has 0 spiro atoms. The van der Waals surface area contributed by atoms with Gasteiger partial charge >= 0.3 is 0 Å². The molecule has 3 nitrogen and oxygen atoms in total. The molecule has 0 saturated heterocycles. The van der Waals surface area contributed by atoms with Crippen LogP contribution in [0.3, 0.4) is 0 Å². The minimum absolute atomic E-state index is 0.0173. The molecule has 1 rings (SSSR count). The van der Waals surface area contributed by atoms with Crippen LogP contribution in [0.5, 0.6) is 0 Å². The first-order chi connectivity index (χ1) is 9.10. The highest BCUT2D eigenvalue weighted by atomic mass is 19.1. The number of carbonyl (C=O) groups is 1. The maximum Gasteiger partial charge on any atom is 0.257 e. The van der Waals surface area contributed by atoms with Crippen molar-refractivity contribution in [1.82, 2.24) is 5.32 Å². The van der Waals surface area contributed by atoms with Crippen LogP contribution in [0.1, 0.15) is 37.6 Å². The van der Waals surface area contributed by atoms with Gasteiger partial charge in [-0.25, -0.2) is 13.2 Å². The minimum Gasteiger partial charge on any atom is -0.350 e. The standard InChI is InChI=1S/C14H19F3N2O/c1-14(2,3)6-9(18)7-19-13(20)12-10(16)4-8(15)5-11(12)17/h4-5,9H,6-7,18H2,1-3H3,(H,19,20). The van der Waals surface area contributed by atoms with Gasteiger partial charge in [-0.05, 0) is 11.8 Å². The van der Waals surface area contributed by atoms with Crippen molar-refractivity contribution < 1.29 is 18.0 Å². The number of nitrogens with one attached hydrogen (secondary N) is 1. The van der Waals surface area contributed by atoms with Crippen LogP contribution in [0.15, 0.2) is 12.1 Å². The van der Waals surface area contributed by atoms with Crippen LogP contribution in [0.2, 0.25) is 0 Å².